The van der Waals surface area contributed by atoms with Gasteiger partial charge in [0, 0.05) is 24.0 Å². The second-order valence-electron chi connectivity index (χ2n) is 7.04. The highest BCUT2D eigenvalue weighted by Gasteiger charge is 2.58. The Morgan fingerprint density at radius 2 is 1.88 bits per heavy atom. The van der Waals surface area contributed by atoms with Crippen molar-refractivity contribution in [3.8, 4) is 0 Å². The lowest BCUT2D eigenvalue weighted by Gasteiger charge is -2.59. The van der Waals surface area contributed by atoms with Gasteiger partial charge in [0.25, 0.3) is 0 Å². The molecular weight excluding hydrogens is 352 g/mol. The molecule has 0 bridgehead atoms. The third-order valence-corrected chi connectivity index (χ3v) is 7.41. The van der Waals surface area contributed by atoms with Crippen molar-refractivity contribution < 1.29 is 21.6 Å². The molecule has 1 aromatic carbocycles. The smallest absolute Gasteiger partial charge is 0.240 e. The van der Waals surface area contributed by atoms with E-state index in [1.807, 2.05) is 13.8 Å². The molecule has 2 aliphatic rings. The molecule has 0 spiro atoms. The summed E-state index contributed by atoms with van der Waals surface area (Å²) in [5.41, 5.74) is -0.310. The van der Waals surface area contributed by atoms with Crippen LogP contribution in [0.2, 0.25) is 0 Å². The second kappa shape index (κ2) is 5.77. The maximum absolute atomic E-state index is 12.7. The Morgan fingerprint density at radius 1 is 1.21 bits per heavy atom. The summed E-state index contributed by atoms with van der Waals surface area (Å²) in [5, 5.41) is 5.08. The molecule has 7 nitrogen and oxygen atoms in total. The van der Waals surface area contributed by atoms with Gasteiger partial charge >= 0.3 is 0 Å². The van der Waals surface area contributed by atoms with Crippen molar-refractivity contribution in [1.29, 1.82) is 0 Å². The Morgan fingerprint density at radius 3 is 2.54 bits per heavy atom. The first-order valence-corrected chi connectivity index (χ1v) is 10.8. The van der Waals surface area contributed by atoms with E-state index in [9.17, 15) is 16.8 Å². The van der Waals surface area contributed by atoms with Gasteiger partial charge in [-0.3, -0.25) is 0 Å². The van der Waals surface area contributed by atoms with Crippen LogP contribution in [0.5, 0.6) is 0 Å². The molecule has 1 aliphatic heterocycles. The molecule has 1 heterocycles. The first-order chi connectivity index (χ1) is 11.0. The maximum Gasteiger partial charge on any atom is 0.240 e. The third-order valence-electron chi connectivity index (χ3n) is 5.06. The summed E-state index contributed by atoms with van der Waals surface area (Å²) in [6, 6.07) is 4.83. The van der Waals surface area contributed by atoms with E-state index in [0.29, 0.717) is 6.61 Å². The van der Waals surface area contributed by atoms with Crippen molar-refractivity contribution in [2.24, 2.45) is 16.5 Å². The van der Waals surface area contributed by atoms with Crippen molar-refractivity contribution in [2.45, 2.75) is 48.6 Å². The summed E-state index contributed by atoms with van der Waals surface area (Å²) in [6.45, 7) is 4.67. The summed E-state index contributed by atoms with van der Waals surface area (Å²) < 4.78 is 56.8. The van der Waals surface area contributed by atoms with Gasteiger partial charge in [-0.05, 0) is 31.0 Å². The number of hydrogen-bond donors (Lipinski definition) is 2. The molecule has 1 saturated heterocycles. The molecule has 0 amide bonds. The molecule has 0 aromatic heterocycles. The number of primary sulfonamides is 1. The van der Waals surface area contributed by atoms with Crippen LogP contribution in [0, 0.1) is 11.3 Å². The van der Waals surface area contributed by atoms with Crippen molar-refractivity contribution >= 4 is 20.0 Å². The number of sulfonamides is 2. The average molecular weight is 374 g/mol. The Labute approximate surface area is 142 Å². The van der Waals surface area contributed by atoms with Gasteiger partial charge in [-0.2, -0.15) is 0 Å². The standard InChI is InChI=1S/C15H22N2O5S2/c1-15(2)13(12-7-4-8-22-14(12)15)17-24(20,21)11-6-3-5-10(9-11)23(16,18)19/h3,5-6,9,12-14,17H,4,7-8H2,1-2H3,(H2,16,18,19). The minimum absolute atomic E-state index is 0.0507. The fourth-order valence-electron chi connectivity index (χ4n) is 3.82. The monoisotopic (exact) mass is 374 g/mol. The first-order valence-electron chi connectivity index (χ1n) is 7.80. The number of fused-ring (bicyclic) bond motifs is 1. The Kier molecular flexibility index (Phi) is 4.28. The van der Waals surface area contributed by atoms with E-state index in [4.69, 9.17) is 9.88 Å². The third kappa shape index (κ3) is 2.99. The van der Waals surface area contributed by atoms with Gasteiger partial charge in [-0.15, -0.1) is 0 Å². The normalized spacial score (nSPS) is 29.5. The van der Waals surface area contributed by atoms with E-state index >= 15 is 0 Å². The second-order valence-corrected chi connectivity index (χ2v) is 10.3. The highest BCUT2D eigenvalue weighted by atomic mass is 32.2. The quantitative estimate of drug-likeness (QED) is 0.809. The van der Waals surface area contributed by atoms with Gasteiger partial charge in [0.2, 0.25) is 20.0 Å². The highest BCUT2D eigenvalue weighted by molar-refractivity contribution is 7.90. The van der Waals surface area contributed by atoms with Crippen LogP contribution >= 0.6 is 0 Å². The number of rotatable bonds is 4. The average Bonchev–Trinajstić information content (AvgIpc) is 2.52. The molecule has 3 rings (SSSR count). The predicted molar refractivity (Wildman–Crippen MR) is 88.2 cm³/mol. The van der Waals surface area contributed by atoms with Gasteiger partial charge in [-0.1, -0.05) is 19.9 Å². The van der Waals surface area contributed by atoms with Crippen LogP contribution in [0.3, 0.4) is 0 Å². The maximum atomic E-state index is 12.7. The topological polar surface area (TPSA) is 116 Å². The molecule has 1 aliphatic carbocycles. The number of hydrogen-bond acceptors (Lipinski definition) is 5. The number of benzene rings is 1. The zero-order valence-corrected chi connectivity index (χ0v) is 15.2. The van der Waals surface area contributed by atoms with E-state index < -0.39 is 20.0 Å². The van der Waals surface area contributed by atoms with Gasteiger partial charge in [0.15, 0.2) is 0 Å². The molecule has 24 heavy (non-hydrogen) atoms. The van der Waals surface area contributed by atoms with Gasteiger partial charge in [0.05, 0.1) is 15.9 Å². The van der Waals surface area contributed by atoms with Gasteiger partial charge in [0.1, 0.15) is 0 Å². The van der Waals surface area contributed by atoms with Crippen LogP contribution in [0.25, 0.3) is 0 Å². The van der Waals surface area contributed by atoms with Crippen LogP contribution in [-0.2, 0) is 24.8 Å². The largest absolute Gasteiger partial charge is 0.377 e. The van der Waals surface area contributed by atoms with E-state index in [1.54, 1.807) is 0 Å². The summed E-state index contributed by atoms with van der Waals surface area (Å²) >= 11 is 0. The summed E-state index contributed by atoms with van der Waals surface area (Å²) in [5.74, 6) is 0.143. The molecular formula is C15H22N2O5S2. The van der Waals surface area contributed by atoms with Crippen LogP contribution in [-0.4, -0.2) is 35.6 Å². The number of nitrogens with one attached hydrogen (secondary N) is 1. The number of ether oxygens (including phenoxy) is 1. The fraction of sp³-hybridized carbons (Fsp3) is 0.600. The minimum Gasteiger partial charge on any atom is -0.377 e. The Balaban J connectivity index is 1.87. The molecule has 2 fully saturated rings. The fourth-order valence-corrected chi connectivity index (χ4v) is 5.94. The zero-order valence-electron chi connectivity index (χ0n) is 13.6. The van der Waals surface area contributed by atoms with Gasteiger partial charge < -0.3 is 4.74 Å². The Bertz CT molecular complexity index is 848. The van der Waals surface area contributed by atoms with Crippen molar-refractivity contribution in [1.82, 2.24) is 4.72 Å². The Hall–Kier alpha value is -1.00. The van der Waals surface area contributed by atoms with Crippen LogP contribution in [0.4, 0.5) is 0 Å². The van der Waals surface area contributed by atoms with E-state index in [2.05, 4.69) is 4.72 Å². The molecule has 1 saturated carbocycles. The molecule has 9 heteroatoms. The molecule has 0 radical (unpaired) electrons. The van der Waals surface area contributed by atoms with Gasteiger partial charge in [-0.25, -0.2) is 26.7 Å². The summed E-state index contributed by atoms with van der Waals surface area (Å²) in [6.07, 6.45) is 1.88. The molecule has 1 aromatic rings. The molecule has 134 valence electrons. The van der Waals surface area contributed by atoms with Crippen LogP contribution < -0.4 is 9.86 Å². The number of nitrogens with two attached hydrogens (primary N) is 1. The lowest BCUT2D eigenvalue weighted by atomic mass is 9.55. The van der Waals surface area contributed by atoms with E-state index in [-0.39, 0.29) is 33.3 Å². The van der Waals surface area contributed by atoms with E-state index in [1.165, 1.54) is 18.2 Å². The SMILES string of the molecule is CC1(C)C(NS(=O)(=O)c2cccc(S(N)(=O)=O)c2)C2CCCOC21. The highest BCUT2D eigenvalue weighted by Crippen LogP contribution is 2.51. The lowest BCUT2D eigenvalue weighted by Crippen LogP contribution is -2.69. The first kappa shape index (κ1) is 17.8. The zero-order chi connectivity index (χ0) is 17.8. The minimum atomic E-state index is -3.96. The van der Waals surface area contributed by atoms with Crippen molar-refractivity contribution in [3.05, 3.63) is 24.3 Å². The molecule has 3 unspecified atom stereocenters. The summed E-state index contributed by atoms with van der Waals surface area (Å²) in [7, 11) is -7.81. The van der Waals surface area contributed by atoms with Crippen molar-refractivity contribution in [2.75, 3.05) is 6.61 Å². The van der Waals surface area contributed by atoms with Crippen LogP contribution in [0.15, 0.2) is 34.1 Å². The molecule has 3 atom stereocenters. The summed E-state index contributed by atoms with van der Waals surface area (Å²) in [4.78, 5) is -0.331. The van der Waals surface area contributed by atoms with E-state index in [0.717, 1.165) is 18.9 Å². The van der Waals surface area contributed by atoms with Crippen LogP contribution in [0.1, 0.15) is 26.7 Å². The molecule has 3 N–H and O–H groups in total. The lowest BCUT2D eigenvalue weighted by molar-refractivity contribution is -0.187. The van der Waals surface area contributed by atoms with Crippen molar-refractivity contribution in [3.63, 3.8) is 0 Å². The predicted octanol–water partition coefficient (Wildman–Crippen LogP) is 0.816.